The van der Waals surface area contributed by atoms with Crippen LogP contribution in [0.15, 0.2) is 18.2 Å². The maximum absolute atomic E-state index is 6.24. The van der Waals surface area contributed by atoms with Crippen molar-refractivity contribution in [2.24, 2.45) is 11.7 Å². The van der Waals surface area contributed by atoms with E-state index in [2.05, 4.69) is 11.8 Å². The summed E-state index contributed by atoms with van der Waals surface area (Å²) in [6.07, 6.45) is 1.39. The SMILES string of the molecule is COc1ccc(C(CN)N2CCC(C)C(OC)C2)cc1Cl. The number of benzene rings is 1. The predicted molar refractivity (Wildman–Crippen MR) is 86.0 cm³/mol. The highest BCUT2D eigenvalue weighted by atomic mass is 35.5. The Bertz CT molecular complexity index is 470. The molecule has 1 aliphatic heterocycles. The molecule has 0 aliphatic carbocycles. The van der Waals surface area contributed by atoms with E-state index in [0.717, 1.165) is 25.1 Å². The van der Waals surface area contributed by atoms with Gasteiger partial charge in [-0.25, -0.2) is 0 Å². The van der Waals surface area contributed by atoms with E-state index in [1.807, 2.05) is 18.2 Å². The summed E-state index contributed by atoms with van der Waals surface area (Å²) in [7, 11) is 3.41. The molecule has 5 heteroatoms. The maximum Gasteiger partial charge on any atom is 0.137 e. The van der Waals surface area contributed by atoms with E-state index in [1.54, 1.807) is 14.2 Å². The first kappa shape index (κ1) is 16.6. The van der Waals surface area contributed by atoms with E-state index in [1.165, 1.54) is 0 Å². The highest BCUT2D eigenvalue weighted by Gasteiger charge is 2.30. The van der Waals surface area contributed by atoms with Gasteiger partial charge in [0.25, 0.3) is 0 Å². The van der Waals surface area contributed by atoms with E-state index >= 15 is 0 Å². The molecule has 1 aromatic carbocycles. The molecule has 0 radical (unpaired) electrons. The lowest BCUT2D eigenvalue weighted by atomic mass is 9.93. The molecule has 1 fully saturated rings. The molecular formula is C16H25ClN2O2. The monoisotopic (exact) mass is 312 g/mol. The molecule has 2 rings (SSSR count). The number of piperidine rings is 1. The van der Waals surface area contributed by atoms with Gasteiger partial charge >= 0.3 is 0 Å². The molecule has 3 atom stereocenters. The van der Waals surface area contributed by atoms with Crippen LogP contribution in [0.2, 0.25) is 5.02 Å². The molecule has 4 nitrogen and oxygen atoms in total. The zero-order valence-electron chi connectivity index (χ0n) is 13.0. The number of nitrogens with zero attached hydrogens (tertiary/aromatic N) is 1. The minimum Gasteiger partial charge on any atom is -0.495 e. The van der Waals surface area contributed by atoms with Crippen LogP contribution < -0.4 is 10.5 Å². The molecule has 2 N–H and O–H groups in total. The summed E-state index contributed by atoms with van der Waals surface area (Å²) in [5, 5.41) is 0.627. The van der Waals surface area contributed by atoms with Crippen molar-refractivity contribution < 1.29 is 9.47 Å². The van der Waals surface area contributed by atoms with Gasteiger partial charge in [-0.2, -0.15) is 0 Å². The van der Waals surface area contributed by atoms with Gasteiger partial charge < -0.3 is 15.2 Å². The fourth-order valence-corrected chi connectivity index (χ4v) is 3.30. The first-order valence-electron chi connectivity index (χ1n) is 7.41. The van der Waals surface area contributed by atoms with E-state index in [-0.39, 0.29) is 12.1 Å². The number of rotatable bonds is 5. The van der Waals surface area contributed by atoms with Crippen molar-refractivity contribution >= 4 is 11.6 Å². The Hall–Kier alpha value is -0.810. The summed E-state index contributed by atoms with van der Waals surface area (Å²) in [6.45, 7) is 4.75. The Balaban J connectivity index is 2.17. The zero-order chi connectivity index (χ0) is 15.4. The van der Waals surface area contributed by atoms with Crippen molar-refractivity contribution in [2.75, 3.05) is 33.9 Å². The van der Waals surface area contributed by atoms with Crippen molar-refractivity contribution in [3.63, 3.8) is 0 Å². The van der Waals surface area contributed by atoms with Crippen LogP contribution >= 0.6 is 11.6 Å². The molecule has 0 bridgehead atoms. The second-order valence-corrected chi connectivity index (χ2v) is 6.09. The van der Waals surface area contributed by atoms with Crippen molar-refractivity contribution in [1.29, 1.82) is 0 Å². The fraction of sp³-hybridized carbons (Fsp3) is 0.625. The van der Waals surface area contributed by atoms with Crippen LogP contribution in [0.4, 0.5) is 0 Å². The summed E-state index contributed by atoms with van der Waals surface area (Å²) in [6, 6.07) is 6.07. The van der Waals surface area contributed by atoms with Crippen LogP contribution in [0.1, 0.15) is 24.9 Å². The highest BCUT2D eigenvalue weighted by molar-refractivity contribution is 6.32. The molecule has 1 aromatic rings. The predicted octanol–water partition coefficient (Wildman–Crippen LogP) is 2.71. The summed E-state index contributed by atoms with van der Waals surface area (Å²) < 4.78 is 10.8. The van der Waals surface area contributed by atoms with Crippen LogP contribution in [-0.2, 0) is 4.74 Å². The molecule has 3 unspecified atom stereocenters. The van der Waals surface area contributed by atoms with Crippen molar-refractivity contribution in [1.82, 2.24) is 4.90 Å². The van der Waals surface area contributed by atoms with Gasteiger partial charge in [0, 0.05) is 26.2 Å². The molecule has 0 aromatic heterocycles. The first-order valence-corrected chi connectivity index (χ1v) is 7.78. The number of methoxy groups -OCH3 is 2. The van der Waals surface area contributed by atoms with Gasteiger partial charge in [0.05, 0.1) is 18.2 Å². The van der Waals surface area contributed by atoms with Gasteiger partial charge in [0.15, 0.2) is 0 Å². The molecular weight excluding hydrogens is 288 g/mol. The third-order valence-electron chi connectivity index (χ3n) is 4.45. The smallest absolute Gasteiger partial charge is 0.137 e. The standard InChI is InChI=1S/C16H25ClN2O2/c1-11-6-7-19(10-16(11)21-3)14(9-18)12-4-5-15(20-2)13(17)8-12/h4-5,8,11,14,16H,6-7,9-10,18H2,1-3H3. The quantitative estimate of drug-likeness (QED) is 0.908. The number of halogens is 1. The van der Waals surface area contributed by atoms with Crippen molar-refractivity contribution in [3.8, 4) is 5.75 Å². The van der Waals surface area contributed by atoms with Gasteiger partial charge in [0.2, 0.25) is 0 Å². The van der Waals surface area contributed by atoms with Crippen LogP contribution in [0.25, 0.3) is 0 Å². The van der Waals surface area contributed by atoms with Gasteiger partial charge in [-0.15, -0.1) is 0 Å². The Morgan fingerprint density at radius 3 is 2.76 bits per heavy atom. The Kier molecular flexibility index (Phi) is 5.88. The normalized spacial score (nSPS) is 24.8. The Labute approximate surface area is 132 Å². The number of nitrogens with two attached hydrogens (primary N) is 1. The lowest BCUT2D eigenvalue weighted by Gasteiger charge is -2.40. The second kappa shape index (κ2) is 7.45. The van der Waals surface area contributed by atoms with Gasteiger partial charge in [-0.1, -0.05) is 24.6 Å². The minimum atomic E-state index is 0.165. The molecule has 118 valence electrons. The molecule has 0 amide bonds. The van der Waals surface area contributed by atoms with Gasteiger partial charge in [0.1, 0.15) is 5.75 Å². The lowest BCUT2D eigenvalue weighted by Crippen LogP contribution is -2.47. The number of likely N-dealkylation sites (tertiary alicyclic amines) is 1. The molecule has 1 saturated heterocycles. The number of hydrogen-bond donors (Lipinski definition) is 1. The van der Waals surface area contributed by atoms with Crippen LogP contribution in [-0.4, -0.2) is 44.9 Å². The third kappa shape index (κ3) is 3.69. The summed E-state index contributed by atoms with van der Waals surface area (Å²) in [5.41, 5.74) is 7.15. The summed E-state index contributed by atoms with van der Waals surface area (Å²) in [5.74, 6) is 1.28. The lowest BCUT2D eigenvalue weighted by molar-refractivity contribution is -0.0183. The maximum atomic E-state index is 6.24. The highest BCUT2D eigenvalue weighted by Crippen LogP contribution is 2.32. The van der Waals surface area contributed by atoms with E-state index in [0.29, 0.717) is 23.2 Å². The van der Waals surface area contributed by atoms with Crippen molar-refractivity contribution in [2.45, 2.75) is 25.5 Å². The van der Waals surface area contributed by atoms with Crippen LogP contribution in [0.5, 0.6) is 5.75 Å². The molecule has 0 spiro atoms. The van der Waals surface area contributed by atoms with E-state index in [4.69, 9.17) is 26.8 Å². The first-order chi connectivity index (χ1) is 10.1. The molecule has 1 aliphatic rings. The molecule has 0 saturated carbocycles. The minimum absolute atomic E-state index is 0.165. The van der Waals surface area contributed by atoms with E-state index in [9.17, 15) is 0 Å². The third-order valence-corrected chi connectivity index (χ3v) is 4.74. The Morgan fingerprint density at radius 2 is 2.19 bits per heavy atom. The van der Waals surface area contributed by atoms with E-state index < -0.39 is 0 Å². The molecule has 1 heterocycles. The zero-order valence-corrected chi connectivity index (χ0v) is 13.8. The largest absolute Gasteiger partial charge is 0.495 e. The summed E-state index contributed by atoms with van der Waals surface area (Å²) in [4.78, 5) is 2.40. The van der Waals surface area contributed by atoms with Gasteiger partial charge in [-0.3, -0.25) is 4.90 Å². The van der Waals surface area contributed by atoms with Gasteiger partial charge in [-0.05, 0) is 36.6 Å². The average Bonchev–Trinajstić information content (AvgIpc) is 2.49. The van der Waals surface area contributed by atoms with Crippen LogP contribution in [0, 0.1) is 5.92 Å². The number of hydrogen-bond acceptors (Lipinski definition) is 4. The van der Waals surface area contributed by atoms with Crippen molar-refractivity contribution in [3.05, 3.63) is 28.8 Å². The average molecular weight is 313 g/mol. The fourth-order valence-electron chi connectivity index (χ4n) is 3.03. The number of ether oxygens (including phenoxy) is 2. The summed E-state index contributed by atoms with van der Waals surface area (Å²) >= 11 is 6.24. The topological polar surface area (TPSA) is 47.7 Å². The second-order valence-electron chi connectivity index (χ2n) is 5.68. The molecule has 21 heavy (non-hydrogen) atoms. The van der Waals surface area contributed by atoms with Crippen LogP contribution in [0.3, 0.4) is 0 Å². The Morgan fingerprint density at radius 1 is 1.43 bits per heavy atom.